The summed E-state index contributed by atoms with van der Waals surface area (Å²) in [6.07, 6.45) is 20.5. The van der Waals surface area contributed by atoms with Gasteiger partial charge < -0.3 is 45.3 Å². The van der Waals surface area contributed by atoms with Crippen LogP contribution in [0.1, 0.15) is 267 Å². The van der Waals surface area contributed by atoms with E-state index in [1.54, 1.807) is 40.7 Å². The smallest absolute Gasteiger partial charge is 0.317 e. The lowest BCUT2D eigenvalue weighted by molar-refractivity contribution is -0.141. The normalized spacial score (nSPS) is 22.2. The fourth-order valence-corrected chi connectivity index (χ4v) is 16.0. The van der Waals surface area contributed by atoms with Gasteiger partial charge >= 0.3 is 12.1 Å². The first-order valence-electron chi connectivity index (χ1n) is 43.1. The number of nitrogens with one attached hydrogen (secondary N) is 3. The Morgan fingerprint density at radius 2 is 0.700 bits per heavy atom. The van der Waals surface area contributed by atoms with Crippen molar-refractivity contribution < 1.29 is 33.6 Å². The standard InChI is InChI=1S/C14H26N2O.C13H24N2O.C13H26N2O.C12H25N3O.2C12H24N2O.C11H23N3O/c1-14(2,3)16-9-5-12(6-10-16)11-13(17)15-7-4-8-15;1-13(2,3)15-9-5-11(6-10-15)12(16)14-7-4-8-14;1-13(2,3)15-8-6-11(7-9-15)10-12(16)14(4)5;1-12(2,3)15-8-6-10(7-9-15)13-11(16)14(4)5;1-12(2,3)14-8-6-7-10(9-14)11(15)13(4)5;1-12(2,3)14-9-7-6-8-10(14)11(15)13(4)5;1-11(2,3)14-7-5-9(6-8-14)13-10(15)12-4/h12H,4-11H2,1-3H3;11H,4-10H2,1-3H3;11H,6-10H2,1-5H3;10H,6-9H2,1-5H3,(H,13,16);2*10H,6-9H2,1-5H3;9H,5-8H2,1-4H3,(H2,12,13,15). The third kappa shape index (κ3) is 35.8. The number of rotatable bonds is 9. The first-order chi connectivity index (χ1) is 50.6. The highest BCUT2D eigenvalue weighted by Gasteiger charge is 2.39. The molecule has 2 unspecified atom stereocenters. The highest BCUT2D eigenvalue weighted by molar-refractivity contribution is 5.82. The van der Waals surface area contributed by atoms with Gasteiger partial charge in [-0.1, -0.05) is 6.42 Å². The number of likely N-dealkylation sites (N-methyl/N-ethyl adjacent to an activating group) is 1. The second kappa shape index (κ2) is 45.2. The Hall–Kier alpha value is -4.39. The minimum Gasteiger partial charge on any atom is -0.349 e. The molecule has 2 atom stereocenters. The fourth-order valence-electron chi connectivity index (χ4n) is 16.0. The molecule has 9 rings (SSSR count). The molecule has 0 aromatic heterocycles. The van der Waals surface area contributed by atoms with Crippen LogP contribution in [-0.2, 0) is 24.0 Å². The molecular formula is C87H172N16O7. The predicted molar refractivity (Wildman–Crippen MR) is 457 cm³/mol. The molecule has 0 aromatic rings. The molecule has 9 saturated heterocycles. The average molecular weight is 1550 g/mol. The van der Waals surface area contributed by atoms with Crippen molar-refractivity contribution in [2.24, 2.45) is 23.7 Å². The summed E-state index contributed by atoms with van der Waals surface area (Å²) in [6, 6.07) is 0.726. The summed E-state index contributed by atoms with van der Waals surface area (Å²) in [7, 11) is 16.3. The number of carbonyl (C=O) groups excluding carboxylic acids is 7. The van der Waals surface area contributed by atoms with E-state index in [4.69, 9.17) is 0 Å². The summed E-state index contributed by atoms with van der Waals surface area (Å²) < 4.78 is 0. The van der Waals surface area contributed by atoms with Crippen LogP contribution in [0.5, 0.6) is 0 Å². The first-order valence-corrected chi connectivity index (χ1v) is 43.1. The fraction of sp³-hybridized carbons (Fsp3) is 0.920. The third-order valence-electron chi connectivity index (χ3n) is 24.2. The van der Waals surface area contributed by atoms with E-state index in [1.165, 1.54) is 38.5 Å². The quantitative estimate of drug-likeness (QED) is 0.197. The lowest BCUT2D eigenvalue weighted by Gasteiger charge is -2.44. The van der Waals surface area contributed by atoms with Crippen molar-refractivity contribution in [3.63, 3.8) is 0 Å². The molecule has 0 bridgehead atoms. The molecule has 23 nitrogen and oxygen atoms in total. The van der Waals surface area contributed by atoms with Crippen molar-refractivity contribution >= 4 is 41.6 Å². The van der Waals surface area contributed by atoms with Gasteiger partial charge in [0.15, 0.2) is 0 Å². The lowest BCUT2D eigenvalue weighted by atomic mass is 9.90. The molecule has 9 fully saturated rings. The van der Waals surface area contributed by atoms with Crippen LogP contribution in [0.3, 0.4) is 0 Å². The van der Waals surface area contributed by atoms with Crippen LogP contribution < -0.4 is 16.0 Å². The summed E-state index contributed by atoms with van der Waals surface area (Å²) in [5, 5.41) is 8.60. The number of piperidine rings is 7. The first kappa shape index (κ1) is 99.8. The van der Waals surface area contributed by atoms with E-state index < -0.39 is 0 Å². The lowest BCUT2D eigenvalue weighted by Crippen LogP contribution is -2.56. The molecule has 9 aliphatic rings. The Labute approximate surface area is 674 Å². The van der Waals surface area contributed by atoms with Gasteiger partial charge in [0.25, 0.3) is 0 Å². The van der Waals surface area contributed by atoms with Crippen molar-refractivity contribution in [3.8, 4) is 0 Å². The highest BCUT2D eigenvalue weighted by Crippen LogP contribution is 2.32. The summed E-state index contributed by atoms with van der Waals surface area (Å²) in [5.74, 6) is 3.34. The Kier molecular flexibility index (Phi) is 41.0. The number of urea groups is 2. The number of nitrogens with zero attached hydrogens (tertiary/aromatic N) is 13. The number of hydrogen-bond acceptors (Lipinski definition) is 14. The summed E-state index contributed by atoms with van der Waals surface area (Å²) in [5.41, 5.74) is 1.59. The summed E-state index contributed by atoms with van der Waals surface area (Å²) >= 11 is 0. The topological polar surface area (TPSA) is 198 Å². The molecule has 9 amide bonds. The summed E-state index contributed by atoms with van der Waals surface area (Å²) in [4.78, 5) is 110. The molecule has 3 N–H and O–H groups in total. The van der Waals surface area contributed by atoms with E-state index >= 15 is 0 Å². The van der Waals surface area contributed by atoms with E-state index in [9.17, 15) is 33.6 Å². The molecule has 110 heavy (non-hydrogen) atoms. The number of hydrogen-bond donors (Lipinski definition) is 3. The van der Waals surface area contributed by atoms with E-state index in [0.29, 0.717) is 41.7 Å². The monoisotopic (exact) mass is 1550 g/mol. The number of carbonyl (C=O) groups is 7. The maximum absolute atomic E-state index is 12.0. The van der Waals surface area contributed by atoms with Crippen LogP contribution >= 0.6 is 0 Å². The van der Waals surface area contributed by atoms with Crippen LogP contribution in [0.4, 0.5) is 9.59 Å². The minimum atomic E-state index is -0.0655. The van der Waals surface area contributed by atoms with Gasteiger partial charge in [-0.2, -0.15) is 0 Å². The zero-order valence-corrected chi connectivity index (χ0v) is 76.7. The van der Waals surface area contributed by atoms with E-state index in [1.807, 2.05) is 52.1 Å². The van der Waals surface area contributed by atoms with E-state index in [2.05, 4.69) is 196 Å². The number of likely N-dealkylation sites (tertiary alicyclic amines) is 9. The Morgan fingerprint density at radius 3 is 1.04 bits per heavy atom. The SMILES string of the molecule is CC(C)(C)N1CCC(C(=O)N2CCC2)CC1.CC(C)(C)N1CCC(CC(=O)N2CCC2)CC1.CN(C)C(=O)C1CCCCN1C(C)(C)C.CN(C)C(=O)C1CCCN(C(C)(C)C)C1.CN(C)C(=O)CC1CCN(C(C)(C)C)CC1.CN(C)C(=O)NC1CCN(C(C)(C)C)CC1.CNC(=O)NC1CCN(C(C)(C)C)CC1. The second-order valence-electron chi connectivity index (χ2n) is 41.0. The molecule has 9 aliphatic heterocycles. The second-order valence-corrected chi connectivity index (χ2v) is 41.0. The van der Waals surface area contributed by atoms with E-state index in [0.717, 1.165) is 195 Å². The largest absolute Gasteiger partial charge is 0.349 e. The zero-order chi connectivity index (χ0) is 83.7. The van der Waals surface area contributed by atoms with Crippen molar-refractivity contribution in [3.05, 3.63) is 0 Å². The van der Waals surface area contributed by atoms with Gasteiger partial charge in [0, 0.05) is 192 Å². The van der Waals surface area contributed by atoms with Gasteiger partial charge in [-0.15, -0.1) is 0 Å². The van der Waals surface area contributed by atoms with Crippen molar-refractivity contribution in [1.29, 1.82) is 0 Å². The molecule has 0 aromatic carbocycles. The molecule has 0 aliphatic carbocycles. The Bertz CT molecular complexity index is 2650. The minimum absolute atomic E-state index is 0.0224. The van der Waals surface area contributed by atoms with Crippen LogP contribution in [-0.4, -0.2) is 337 Å². The van der Waals surface area contributed by atoms with Gasteiger partial charge in [0.2, 0.25) is 29.5 Å². The number of amides is 9. The van der Waals surface area contributed by atoms with Crippen molar-refractivity contribution in [1.82, 2.24) is 79.6 Å². The molecular weight excluding hydrogens is 1380 g/mol. The highest BCUT2D eigenvalue weighted by atomic mass is 16.2. The molecule has 9 heterocycles. The Balaban J connectivity index is 0.000000333. The third-order valence-corrected chi connectivity index (χ3v) is 24.2. The molecule has 23 heteroatoms. The van der Waals surface area contributed by atoms with Crippen LogP contribution in [0, 0.1) is 23.7 Å². The molecule has 642 valence electrons. The zero-order valence-electron chi connectivity index (χ0n) is 76.7. The van der Waals surface area contributed by atoms with Gasteiger partial charge in [0.1, 0.15) is 0 Å². The molecule has 0 spiro atoms. The predicted octanol–water partition coefficient (Wildman–Crippen LogP) is 11.8. The van der Waals surface area contributed by atoms with Gasteiger partial charge in [-0.25, -0.2) is 9.59 Å². The van der Waals surface area contributed by atoms with Gasteiger partial charge in [-0.3, -0.25) is 58.3 Å². The van der Waals surface area contributed by atoms with Crippen LogP contribution in [0.25, 0.3) is 0 Å². The summed E-state index contributed by atoms with van der Waals surface area (Å²) in [6.45, 7) is 65.1. The molecule has 0 radical (unpaired) electrons. The average Bonchev–Trinajstić information content (AvgIpc) is 0.817. The van der Waals surface area contributed by atoms with Crippen molar-refractivity contribution in [2.45, 2.75) is 324 Å². The van der Waals surface area contributed by atoms with Gasteiger partial charge in [0.05, 0.1) is 12.0 Å². The van der Waals surface area contributed by atoms with Crippen LogP contribution in [0.15, 0.2) is 0 Å². The molecule has 0 saturated carbocycles. The maximum Gasteiger partial charge on any atom is 0.317 e. The van der Waals surface area contributed by atoms with E-state index in [-0.39, 0.29) is 80.5 Å². The van der Waals surface area contributed by atoms with Gasteiger partial charge in [-0.05, 0) is 312 Å². The van der Waals surface area contributed by atoms with Crippen molar-refractivity contribution in [2.75, 3.05) is 175 Å². The Morgan fingerprint density at radius 1 is 0.327 bits per heavy atom. The van der Waals surface area contributed by atoms with Crippen LogP contribution in [0.2, 0.25) is 0 Å². The maximum atomic E-state index is 12.0.